The number of carbonyl (C=O) groups is 2. The summed E-state index contributed by atoms with van der Waals surface area (Å²) >= 11 is 0. The largest absolute Gasteiger partial charge is 0.444 e. The fourth-order valence-electron chi connectivity index (χ4n) is 3.11. The molecule has 0 bridgehead atoms. The molecule has 2 atom stereocenters. The first-order valence-corrected chi connectivity index (χ1v) is 6.74. The summed E-state index contributed by atoms with van der Waals surface area (Å²) < 4.78 is 5.38. The summed E-state index contributed by atoms with van der Waals surface area (Å²) in [6.07, 6.45) is 1.68. The second-order valence-electron chi connectivity index (χ2n) is 6.68. The molecule has 1 aliphatic heterocycles. The average molecular weight is 253 g/mol. The van der Waals surface area contributed by atoms with E-state index in [9.17, 15) is 9.59 Å². The van der Waals surface area contributed by atoms with E-state index in [1.54, 1.807) is 11.8 Å². The van der Waals surface area contributed by atoms with E-state index in [0.717, 1.165) is 25.9 Å². The van der Waals surface area contributed by atoms with E-state index >= 15 is 0 Å². The van der Waals surface area contributed by atoms with Gasteiger partial charge in [-0.1, -0.05) is 0 Å². The Morgan fingerprint density at radius 3 is 2.00 bits per heavy atom. The number of fused-ring (bicyclic) bond motifs is 1. The summed E-state index contributed by atoms with van der Waals surface area (Å²) in [7, 11) is 0. The lowest BCUT2D eigenvalue weighted by atomic mass is 10.0. The highest BCUT2D eigenvalue weighted by Gasteiger charge is 2.44. The molecule has 1 saturated carbocycles. The molecule has 2 fully saturated rings. The lowest BCUT2D eigenvalue weighted by Gasteiger charge is -2.25. The first kappa shape index (κ1) is 13.4. The molecule has 2 aliphatic rings. The van der Waals surface area contributed by atoms with Crippen LogP contribution in [0.2, 0.25) is 0 Å². The maximum Gasteiger partial charge on any atom is 0.410 e. The zero-order valence-electron chi connectivity index (χ0n) is 11.7. The average Bonchev–Trinajstić information content (AvgIpc) is 2.69. The van der Waals surface area contributed by atoms with Gasteiger partial charge in [0.2, 0.25) is 0 Å². The number of ether oxygens (including phenoxy) is 1. The number of carbonyl (C=O) groups excluding carboxylic acids is 2. The number of rotatable bonds is 1. The Balaban J connectivity index is 1.89. The van der Waals surface area contributed by atoms with Crippen molar-refractivity contribution in [1.82, 2.24) is 4.90 Å². The minimum absolute atomic E-state index is 0.212. The molecule has 0 N–H and O–H groups in total. The van der Waals surface area contributed by atoms with Crippen molar-refractivity contribution in [2.45, 2.75) is 46.1 Å². The van der Waals surface area contributed by atoms with Crippen LogP contribution in [0.15, 0.2) is 0 Å². The van der Waals surface area contributed by atoms with Gasteiger partial charge in [0.15, 0.2) is 0 Å². The molecular weight excluding hydrogens is 230 g/mol. The van der Waals surface area contributed by atoms with E-state index in [-0.39, 0.29) is 12.0 Å². The van der Waals surface area contributed by atoms with Crippen molar-refractivity contribution < 1.29 is 14.3 Å². The van der Waals surface area contributed by atoms with Crippen LogP contribution in [0.25, 0.3) is 0 Å². The Kier molecular flexibility index (Phi) is 3.39. The molecule has 0 aromatic heterocycles. The highest BCUT2D eigenvalue weighted by atomic mass is 16.6. The van der Waals surface area contributed by atoms with Crippen LogP contribution in [-0.4, -0.2) is 35.5 Å². The third-order valence-corrected chi connectivity index (χ3v) is 3.98. The van der Waals surface area contributed by atoms with Gasteiger partial charge in [0.25, 0.3) is 0 Å². The van der Waals surface area contributed by atoms with Gasteiger partial charge in [0, 0.05) is 19.0 Å². The van der Waals surface area contributed by atoms with Gasteiger partial charge in [-0.15, -0.1) is 0 Å². The van der Waals surface area contributed by atoms with E-state index in [4.69, 9.17) is 4.74 Å². The molecular formula is C14H23NO3. The lowest BCUT2D eigenvalue weighted by Crippen LogP contribution is -2.36. The topological polar surface area (TPSA) is 46.6 Å². The van der Waals surface area contributed by atoms with Crippen molar-refractivity contribution in [2.24, 2.45) is 17.8 Å². The number of ketones is 1. The summed E-state index contributed by atoms with van der Waals surface area (Å²) in [5.74, 6) is 1.51. The molecule has 4 nitrogen and oxygen atoms in total. The lowest BCUT2D eigenvalue weighted by molar-refractivity contribution is -0.120. The van der Waals surface area contributed by atoms with Crippen LogP contribution in [0.4, 0.5) is 4.79 Å². The van der Waals surface area contributed by atoms with Crippen molar-refractivity contribution in [1.29, 1.82) is 0 Å². The fraction of sp³-hybridized carbons (Fsp3) is 0.857. The van der Waals surface area contributed by atoms with Crippen molar-refractivity contribution in [3.63, 3.8) is 0 Å². The molecule has 1 aliphatic carbocycles. The smallest absolute Gasteiger partial charge is 0.410 e. The number of Topliss-reactive ketones (excluding diaryl/α,β-unsaturated/α-hetero) is 1. The summed E-state index contributed by atoms with van der Waals surface area (Å²) in [5, 5.41) is 0. The summed E-state index contributed by atoms with van der Waals surface area (Å²) in [6, 6.07) is 0. The van der Waals surface area contributed by atoms with Gasteiger partial charge in [0.05, 0.1) is 0 Å². The Morgan fingerprint density at radius 2 is 1.61 bits per heavy atom. The molecule has 0 unspecified atom stereocenters. The van der Waals surface area contributed by atoms with E-state index in [0.29, 0.717) is 17.6 Å². The number of hydrogen-bond donors (Lipinski definition) is 0. The number of hydrogen-bond acceptors (Lipinski definition) is 3. The van der Waals surface area contributed by atoms with Gasteiger partial charge in [-0.05, 0) is 52.4 Å². The van der Waals surface area contributed by atoms with Gasteiger partial charge in [-0.3, -0.25) is 4.79 Å². The van der Waals surface area contributed by atoms with Crippen LogP contribution >= 0.6 is 0 Å². The van der Waals surface area contributed by atoms with Crippen LogP contribution in [0, 0.1) is 17.8 Å². The summed E-state index contributed by atoms with van der Waals surface area (Å²) in [6.45, 7) is 8.83. The number of likely N-dealkylation sites (tertiary alicyclic amines) is 1. The second kappa shape index (κ2) is 4.56. The maximum absolute atomic E-state index is 11.9. The maximum atomic E-state index is 11.9. The predicted octanol–water partition coefficient (Wildman–Crippen LogP) is 2.47. The standard InChI is InChI=1S/C14H23NO3/c1-9(16)10-5-11-7-15(8-12(11)6-10)13(17)18-14(2,3)4/h10-12H,5-8H2,1-4H3/t11-,12-/m1/s1. The molecule has 0 spiro atoms. The molecule has 0 aromatic carbocycles. The third kappa shape index (κ3) is 2.85. The van der Waals surface area contributed by atoms with Gasteiger partial charge in [-0.2, -0.15) is 0 Å². The predicted molar refractivity (Wildman–Crippen MR) is 68.2 cm³/mol. The first-order chi connectivity index (χ1) is 8.26. The summed E-state index contributed by atoms with van der Waals surface area (Å²) in [4.78, 5) is 25.1. The Bertz CT molecular complexity index is 345. The number of amides is 1. The van der Waals surface area contributed by atoms with E-state index in [1.807, 2.05) is 20.8 Å². The molecule has 1 saturated heterocycles. The van der Waals surface area contributed by atoms with Gasteiger partial charge in [-0.25, -0.2) is 4.79 Å². The normalized spacial score (nSPS) is 28.3. The van der Waals surface area contributed by atoms with Crippen LogP contribution in [-0.2, 0) is 9.53 Å². The molecule has 2 rings (SSSR count). The molecule has 0 aromatic rings. The highest BCUT2D eigenvalue weighted by molar-refractivity contribution is 5.78. The van der Waals surface area contributed by atoms with Crippen LogP contribution in [0.5, 0.6) is 0 Å². The summed E-state index contributed by atoms with van der Waals surface area (Å²) in [5.41, 5.74) is -0.434. The molecule has 1 heterocycles. The van der Waals surface area contributed by atoms with Crippen molar-refractivity contribution >= 4 is 11.9 Å². The van der Waals surface area contributed by atoms with Gasteiger partial charge >= 0.3 is 6.09 Å². The number of nitrogens with zero attached hydrogens (tertiary/aromatic N) is 1. The van der Waals surface area contributed by atoms with Crippen molar-refractivity contribution in [3.8, 4) is 0 Å². The van der Waals surface area contributed by atoms with E-state index in [1.165, 1.54) is 0 Å². The Morgan fingerprint density at radius 1 is 1.11 bits per heavy atom. The van der Waals surface area contributed by atoms with Crippen LogP contribution < -0.4 is 0 Å². The monoisotopic (exact) mass is 253 g/mol. The third-order valence-electron chi connectivity index (χ3n) is 3.98. The zero-order valence-corrected chi connectivity index (χ0v) is 11.7. The molecule has 4 heteroatoms. The zero-order chi connectivity index (χ0) is 13.5. The molecule has 0 radical (unpaired) electrons. The fourth-order valence-corrected chi connectivity index (χ4v) is 3.11. The van der Waals surface area contributed by atoms with Crippen molar-refractivity contribution in [3.05, 3.63) is 0 Å². The first-order valence-electron chi connectivity index (χ1n) is 6.74. The van der Waals surface area contributed by atoms with Crippen LogP contribution in [0.3, 0.4) is 0 Å². The van der Waals surface area contributed by atoms with E-state index in [2.05, 4.69) is 0 Å². The highest BCUT2D eigenvalue weighted by Crippen LogP contribution is 2.42. The van der Waals surface area contributed by atoms with E-state index < -0.39 is 5.60 Å². The second-order valence-corrected chi connectivity index (χ2v) is 6.68. The molecule has 102 valence electrons. The van der Waals surface area contributed by atoms with Gasteiger partial charge in [0.1, 0.15) is 11.4 Å². The molecule has 1 amide bonds. The van der Waals surface area contributed by atoms with Gasteiger partial charge < -0.3 is 9.64 Å². The van der Waals surface area contributed by atoms with Crippen LogP contribution in [0.1, 0.15) is 40.5 Å². The van der Waals surface area contributed by atoms with Crippen molar-refractivity contribution in [2.75, 3.05) is 13.1 Å². The SMILES string of the molecule is CC(=O)C1C[C@@H]2CN(C(=O)OC(C)(C)C)C[C@H]2C1. The minimum atomic E-state index is -0.434. The minimum Gasteiger partial charge on any atom is -0.444 e. The quantitative estimate of drug-likeness (QED) is 0.721. The Hall–Kier alpha value is -1.06. The Labute approximate surface area is 109 Å². The molecule has 18 heavy (non-hydrogen) atoms.